The topological polar surface area (TPSA) is 34.2 Å². The summed E-state index contributed by atoms with van der Waals surface area (Å²) in [5.41, 5.74) is -0.788. The van der Waals surface area contributed by atoms with E-state index in [1.165, 1.54) is 0 Å². The first-order chi connectivity index (χ1) is 8.97. The number of rotatable bonds is 3. The number of aromatic nitrogens is 1. The van der Waals surface area contributed by atoms with Crippen molar-refractivity contribution in [1.82, 2.24) is 4.98 Å². The molecule has 1 aromatic heterocycles. The third-order valence-electron chi connectivity index (χ3n) is 3.07. The third-order valence-corrected chi connectivity index (χ3v) is 3.28. The zero-order valence-corrected chi connectivity index (χ0v) is 10.9. The van der Waals surface area contributed by atoms with Gasteiger partial charge in [0, 0.05) is 19.8 Å². The number of nitrogens with one attached hydrogen (secondary N) is 1. The Morgan fingerprint density at radius 1 is 1.32 bits per heavy atom. The van der Waals surface area contributed by atoms with Gasteiger partial charge in [-0.25, -0.2) is 4.98 Å². The van der Waals surface area contributed by atoms with Gasteiger partial charge in [0.1, 0.15) is 11.0 Å². The maximum atomic E-state index is 12.8. The zero-order valence-electron chi connectivity index (χ0n) is 10.1. The predicted molar refractivity (Wildman–Crippen MR) is 66.3 cm³/mol. The first-order valence-corrected chi connectivity index (χ1v) is 6.40. The SMILES string of the molecule is FC(F)(F)c1ccc(Cl)nc1NCC1CCOCC1. The van der Waals surface area contributed by atoms with Gasteiger partial charge < -0.3 is 10.1 Å². The van der Waals surface area contributed by atoms with Crippen LogP contribution in [-0.4, -0.2) is 24.7 Å². The van der Waals surface area contributed by atoms with Crippen LogP contribution in [0.3, 0.4) is 0 Å². The van der Waals surface area contributed by atoms with Crippen LogP contribution in [0, 0.1) is 5.92 Å². The highest BCUT2D eigenvalue weighted by Crippen LogP contribution is 2.34. The molecule has 0 atom stereocenters. The van der Waals surface area contributed by atoms with Crippen molar-refractivity contribution in [2.75, 3.05) is 25.1 Å². The second kappa shape index (κ2) is 5.96. The van der Waals surface area contributed by atoms with Crippen molar-refractivity contribution in [1.29, 1.82) is 0 Å². The summed E-state index contributed by atoms with van der Waals surface area (Å²) in [5, 5.41) is 2.80. The maximum absolute atomic E-state index is 12.8. The second-order valence-corrected chi connectivity index (χ2v) is 4.85. The van der Waals surface area contributed by atoms with E-state index in [2.05, 4.69) is 10.3 Å². The minimum Gasteiger partial charge on any atom is -0.381 e. The summed E-state index contributed by atoms with van der Waals surface area (Å²) >= 11 is 5.65. The highest BCUT2D eigenvalue weighted by Gasteiger charge is 2.34. The lowest BCUT2D eigenvalue weighted by Gasteiger charge is -2.23. The van der Waals surface area contributed by atoms with Crippen LogP contribution >= 0.6 is 11.6 Å². The third kappa shape index (κ3) is 3.98. The first-order valence-electron chi connectivity index (χ1n) is 6.02. The van der Waals surface area contributed by atoms with Crippen molar-refractivity contribution in [2.24, 2.45) is 5.92 Å². The van der Waals surface area contributed by atoms with Crippen LogP contribution in [-0.2, 0) is 10.9 Å². The largest absolute Gasteiger partial charge is 0.419 e. The summed E-state index contributed by atoms with van der Waals surface area (Å²) < 4.78 is 43.6. The Morgan fingerprint density at radius 3 is 2.63 bits per heavy atom. The van der Waals surface area contributed by atoms with E-state index in [4.69, 9.17) is 16.3 Å². The molecular formula is C12H14ClF3N2O. The monoisotopic (exact) mass is 294 g/mol. The molecular weight excluding hydrogens is 281 g/mol. The molecule has 1 fully saturated rings. The van der Waals surface area contributed by atoms with Gasteiger partial charge >= 0.3 is 6.18 Å². The quantitative estimate of drug-likeness (QED) is 0.865. The molecule has 0 spiro atoms. The van der Waals surface area contributed by atoms with Crippen molar-refractivity contribution in [2.45, 2.75) is 19.0 Å². The van der Waals surface area contributed by atoms with Crippen LogP contribution in [0.25, 0.3) is 0 Å². The molecule has 7 heteroatoms. The van der Waals surface area contributed by atoms with Gasteiger partial charge in [-0.15, -0.1) is 0 Å². The number of anilines is 1. The fraction of sp³-hybridized carbons (Fsp3) is 0.583. The molecule has 0 radical (unpaired) electrons. The molecule has 1 saturated heterocycles. The van der Waals surface area contributed by atoms with E-state index in [1.807, 2.05) is 0 Å². The number of alkyl halides is 3. The Labute approximate surface area is 114 Å². The molecule has 19 heavy (non-hydrogen) atoms. The van der Waals surface area contributed by atoms with Gasteiger partial charge in [0.25, 0.3) is 0 Å². The molecule has 3 nitrogen and oxygen atoms in total. The predicted octanol–water partition coefficient (Wildman–Crippen LogP) is 3.59. The van der Waals surface area contributed by atoms with E-state index in [0.29, 0.717) is 25.7 Å². The summed E-state index contributed by atoms with van der Waals surface area (Å²) in [6.07, 6.45) is -2.75. The highest BCUT2D eigenvalue weighted by molar-refractivity contribution is 6.29. The lowest BCUT2D eigenvalue weighted by molar-refractivity contribution is -0.137. The second-order valence-electron chi connectivity index (χ2n) is 4.46. The number of pyridine rings is 1. The van der Waals surface area contributed by atoms with E-state index < -0.39 is 11.7 Å². The minimum absolute atomic E-state index is 0.0440. The molecule has 0 bridgehead atoms. The van der Waals surface area contributed by atoms with Crippen molar-refractivity contribution < 1.29 is 17.9 Å². The Balaban J connectivity index is 2.07. The van der Waals surface area contributed by atoms with Crippen LogP contribution in [0.5, 0.6) is 0 Å². The summed E-state index contributed by atoms with van der Waals surface area (Å²) in [6, 6.07) is 2.09. The lowest BCUT2D eigenvalue weighted by atomic mass is 10.0. The average Bonchev–Trinajstić information content (AvgIpc) is 2.36. The van der Waals surface area contributed by atoms with Gasteiger partial charge in [-0.05, 0) is 30.9 Å². The van der Waals surface area contributed by atoms with Crippen LogP contribution in [0.2, 0.25) is 5.15 Å². The molecule has 2 heterocycles. The van der Waals surface area contributed by atoms with Gasteiger partial charge in [-0.1, -0.05) is 11.6 Å². The van der Waals surface area contributed by atoms with E-state index in [-0.39, 0.29) is 11.0 Å². The number of halogens is 4. The number of nitrogens with zero attached hydrogens (tertiary/aromatic N) is 1. The highest BCUT2D eigenvalue weighted by atomic mass is 35.5. The van der Waals surface area contributed by atoms with Gasteiger partial charge in [0.2, 0.25) is 0 Å². The lowest BCUT2D eigenvalue weighted by Crippen LogP contribution is -2.24. The molecule has 2 rings (SSSR count). The Bertz CT molecular complexity index is 433. The molecule has 1 aliphatic rings. The van der Waals surface area contributed by atoms with Gasteiger partial charge in [-0.3, -0.25) is 0 Å². The summed E-state index contributed by atoms with van der Waals surface area (Å²) in [6.45, 7) is 1.75. The van der Waals surface area contributed by atoms with Crippen LogP contribution < -0.4 is 5.32 Å². The molecule has 0 saturated carbocycles. The van der Waals surface area contributed by atoms with Gasteiger partial charge in [0.15, 0.2) is 0 Å². The van der Waals surface area contributed by atoms with Gasteiger partial charge in [-0.2, -0.15) is 13.2 Å². The smallest absolute Gasteiger partial charge is 0.381 e. The van der Waals surface area contributed by atoms with Crippen LogP contribution in [0.4, 0.5) is 19.0 Å². The van der Waals surface area contributed by atoms with Crippen molar-refractivity contribution in [3.05, 3.63) is 22.8 Å². The van der Waals surface area contributed by atoms with Crippen molar-refractivity contribution >= 4 is 17.4 Å². The van der Waals surface area contributed by atoms with E-state index in [1.54, 1.807) is 0 Å². The minimum atomic E-state index is -4.43. The van der Waals surface area contributed by atoms with Crippen LogP contribution in [0.1, 0.15) is 18.4 Å². The summed E-state index contributed by atoms with van der Waals surface area (Å²) in [7, 11) is 0. The van der Waals surface area contributed by atoms with E-state index in [0.717, 1.165) is 25.0 Å². The van der Waals surface area contributed by atoms with Crippen molar-refractivity contribution in [3.63, 3.8) is 0 Å². The average molecular weight is 295 g/mol. The fourth-order valence-electron chi connectivity index (χ4n) is 1.99. The molecule has 0 aliphatic carbocycles. The first kappa shape index (κ1) is 14.4. The summed E-state index contributed by atoms with van der Waals surface area (Å²) in [4.78, 5) is 3.73. The molecule has 0 amide bonds. The zero-order chi connectivity index (χ0) is 13.9. The molecule has 1 aromatic rings. The Kier molecular flexibility index (Phi) is 4.52. The Morgan fingerprint density at radius 2 is 2.00 bits per heavy atom. The normalized spacial score (nSPS) is 17.5. The molecule has 1 aliphatic heterocycles. The molecule has 1 N–H and O–H groups in total. The molecule has 0 unspecified atom stereocenters. The van der Waals surface area contributed by atoms with Crippen LogP contribution in [0.15, 0.2) is 12.1 Å². The number of ether oxygens (including phenoxy) is 1. The maximum Gasteiger partial charge on any atom is 0.419 e. The van der Waals surface area contributed by atoms with E-state index >= 15 is 0 Å². The molecule has 0 aromatic carbocycles. The number of hydrogen-bond donors (Lipinski definition) is 1. The Hall–Kier alpha value is -1.01. The molecule has 106 valence electrons. The number of hydrogen-bond acceptors (Lipinski definition) is 3. The van der Waals surface area contributed by atoms with Gasteiger partial charge in [0.05, 0.1) is 5.56 Å². The van der Waals surface area contributed by atoms with E-state index in [9.17, 15) is 13.2 Å². The standard InChI is InChI=1S/C12H14ClF3N2O/c13-10-2-1-9(12(14,15)16)11(18-10)17-7-8-3-5-19-6-4-8/h1-2,8H,3-7H2,(H,17,18). The van der Waals surface area contributed by atoms with Crippen molar-refractivity contribution in [3.8, 4) is 0 Å². The summed E-state index contributed by atoms with van der Waals surface area (Å²) in [5.74, 6) is 0.0992. The fourth-order valence-corrected chi connectivity index (χ4v) is 2.14.